The highest BCUT2D eigenvalue weighted by Gasteiger charge is 2.48. The third kappa shape index (κ3) is 4.24. The summed E-state index contributed by atoms with van der Waals surface area (Å²) in [6, 6.07) is 8.13. The number of urea groups is 1. The number of fused-ring (bicyclic) bond motifs is 1. The first-order valence-corrected chi connectivity index (χ1v) is 10.5. The second kappa shape index (κ2) is 8.03. The molecule has 3 heterocycles. The van der Waals surface area contributed by atoms with Crippen molar-refractivity contribution in [1.29, 1.82) is 0 Å². The maximum Gasteiger partial charge on any atom is 0.325 e. The SMILES string of the molecule is CC(=O)NCc1ccc(C(=O)CN2C(=O)N[C@@](C)(Cc3ccc4c(c3)OCO4)C2=O)s1. The lowest BCUT2D eigenvalue weighted by Crippen LogP contribution is -2.46. The van der Waals surface area contributed by atoms with E-state index in [1.807, 2.05) is 6.07 Å². The van der Waals surface area contributed by atoms with Crippen LogP contribution in [0, 0.1) is 0 Å². The Kier molecular flexibility index (Phi) is 5.40. The van der Waals surface area contributed by atoms with Crippen molar-refractivity contribution in [1.82, 2.24) is 15.5 Å². The Labute approximate surface area is 182 Å². The van der Waals surface area contributed by atoms with Crippen LogP contribution in [0.1, 0.15) is 34.0 Å². The van der Waals surface area contributed by atoms with Gasteiger partial charge in [-0.25, -0.2) is 4.79 Å². The summed E-state index contributed by atoms with van der Waals surface area (Å²) < 4.78 is 10.7. The predicted octanol–water partition coefficient (Wildman–Crippen LogP) is 1.85. The summed E-state index contributed by atoms with van der Waals surface area (Å²) in [7, 11) is 0. The normalized spacial score (nSPS) is 19.5. The Bertz CT molecular complexity index is 1080. The molecular formula is C21H21N3O6S. The highest BCUT2D eigenvalue weighted by molar-refractivity contribution is 7.14. The molecule has 1 aromatic heterocycles. The molecule has 2 aromatic rings. The van der Waals surface area contributed by atoms with Gasteiger partial charge in [0.1, 0.15) is 5.54 Å². The summed E-state index contributed by atoms with van der Waals surface area (Å²) in [5.41, 5.74) is -0.369. The van der Waals surface area contributed by atoms with Crippen LogP contribution in [0.15, 0.2) is 30.3 Å². The van der Waals surface area contributed by atoms with Crippen LogP contribution in [0.5, 0.6) is 11.5 Å². The molecule has 0 saturated carbocycles. The highest BCUT2D eigenvalue weighted by Crippen LogP contribution is 2.34. The fourth-order valence-electron chi connectivity index (χ4n) is 3.53. The first kappa shape index (κ1) is 20.9. The summed E-state index contributed by atoms with van der Waals surface area (Å²) in [4.78, 5) is 51.4. The summed E-state index contributed by atoms with van der Waals surface area (Å²) in [5, 5.41) is 5.38. The molecule has 0 aliphatic carbocycles. The fourth-order valence-corrected chi connectivity index (χ4v) is 4.40. The lowest BCUT2D eigenvalue weighted by atomic mass is 9.92. The van der Waals surface area contributed by atoms with Gasteiger partial charge in [0.25, 0.3) is 5.91 Å². The van der Waals surface area contributed by atoms with Gasteiger partial charge in [0.15, 0.2) is 17.3 Å². The number of imide groups is 1. The van der Waals surface area contributed by atoms with Crippen molar-refractivity contribution in [2.75, 3.05) is 13.3 Å². The third-order valence-electron chi connectivity index (χ3n) is 5.09. The molecular weight excluding hydrogens is 422 g/mol. The number of hydrogen-bond acceptors (Lipinski definition) is 7. The molecule has 0 radical (unpaired) electrons. The molecule has 4 amide bonds. The van der Waals surface area contributed by atoms with Gasteiger partial charge >= 0.3 is 6.03 Å². The number of hydrogen-bond donors (Lipinski definition) is 2. The molecule has 1 aromatic carbocycles. The predicted molar refractivity (Wildman–Crippen MR) is 111 cm³/mol. The zero-order valence-electron chi connectivity index (χ0n) is 17.0. The smallest absolute Gasteiger partial charge is 0.325 e. The van der Waals surface area contributed by atoms with Gasteiger partial charge in [-0.1, -0.05) is 6.07 Å². The minimum atomic E-state index is -1.17. The molecule has 162 valence electrons. The van der Waals surface area contributed by atoms with Crippen molar-refractivity contribution >= 4 is 35.0 Å². The van der Waals surface area contributed by atoms with Crippen molar-refractivity contribution in [3.8, 4) is 11.5 Å². The molecule has 31 heavy (non-hydrogen) atoms. The quantitative estimate of drug-likeness (QED) is 0.499. The van der Waals surface area contributed by atoms with Crippen LogP contribution in [0.25, 0.3) is 0 Å². The number of carbonyl (C=O) groups is 4. The van der Waals surface area contributed by atoms with E-state index < -0.39 is 17.5 Å². The second-order valence-corrected chi connectivity index (χ2v) is 8.79. The molecule has 1 atom stereocenters. The van der Waals surface area contributed by atoms with Crippen LogP contribution in [0.3, 0.4) is 0 Å². The minimum Gasteiger partial charge on any atom is -0.454 e. The van der Waals surface area contributed by atoms with Crippen LogP contribution < -0.4 is 20.1 Å². The summed E-state index contributed by atoms with van der Waals surface area (Å²) in [5.74, 6) is 0.269. The lowest BCUT2D eigenvalue weighted by molar-refractivity contribution is -0.130. The van der Waals surface area contributed by atoms with E-state index in [2.05, 4.69) is 10.6 Å². The average Bonchev–Trinajstić information content (AvgIpc) is 3.42. The highest BCUT2D eigenvalue weighted by atomic mass is 32.1. The number of carbonyl (C=O) groups excluding carboxylic acids is 4. The largest absolute Gasteiger partial charge is 0.454 e. The maximum atomic E-state index is 13.0. The van der Waals surface area contributed by atoms with E-state index in [0.717, 1.165) is 15.3 Å². The zero-order chi connectivity index (χ0) is 22.2. The van der Waals surface area contributed by atoms with E-state index in [1.54, 1.807) is 31.2 Å². The Morgan fingerprint density at radius 2 is 1.97 bits per heavy atom. The number of benzene rings is 1. The number of Topliss-reactive ketones (excluding diaryl/α,β-unsaturated/α-hetero) is 1. The van der Waals surface area contributed by atoms with E-state index in [4.69, 9.17) is 9.47 Å². The Morgan fingerprint density at radius 3 is 2.74 bits per heavy atom. The zero-order valence-corrected chi connectivity index (χ0v) is 17.8. The Hall–Kier alpha value is -3.40. The van der Waals surface area contributed by atoms with Gasteiger partial charge in [-0.3, -0.25) is 19.3 Å². The fraction of sp³-hybridized carbons (Fsp3) is 0.333. The molecule has 0 unspecified atom stereocenters. The Balaban J connectivity index is 1.43. The van der Waals surface area contributed by atoms with Gasteiger partial charge in [0, 0.05) is 18.2 Å². The first-order valence-electron chi connectivity index (χ1n) is 9.64. The topological polar surface area (TPSA) is 114 Å². The van der Waals surface area contributed by atoms with Crippen molar-refractivity contribution in [2.45, 2.75) is 32.4 Å². The van der Waals surface area contributed by atoms with E-state index >= 15 is 0 Å². The monoisotopic (exact) mass is 443 g/mol. The summed E-state index contributed by atoms with van der Waals surface area (Å²) in [6.07, 6.45) is 0.249. The standard InChI is InChI=1S/C21H21N3O6S/c1-12(25)22-9-14-4-6-18(31-14)15(26)10-24-19(27)21(2,23-20(24)28)8-13-3-5-16-17(7-13)30-11-29-16/h3-7H,8-11H2,1-2H3,(H,22,25)(H,23,28)/t21-/m0/s1. The molecule has 0 bridgehead atoms. The maximum absolute atomic E-state index is 13.0. The van der Waals surface area contributed by atoms with Gasteiger partial charge in [-0.15, -0.1) is 11.3 Å². The summed E-state index contributed by atoms with van der Waals surface area (Å²) in [6.45, 7) is 3.18. The van der Waals surface area contributed by atoms with Gasteiger partial charge in [0.2, 0.25) is 12.7 Å². The first-order chi connectivity index (χ1) is 14.7. The second-order valence-electron chi connectivity index (χ2n) is 7.62. The molecule has 2 N–H and O–H groups in total. The number of nitrogens with one attached hydrogen (secondary N) is 2. The molecule has 2 aliphatic rings. The molecule has 10 heteroatoms. The van der Waals surface area contributed by atoms with Crippen molar-refractivity contribution in [3.05, 3.63) is 45.6 Å². The number of ketones is 1. The molecule has 9 nitrogen and oxygen atoms in total. The van der Waals surface area contributed by atoms with Crippen LogP contribution in [0.4, 0.5) is 4.79 Å². The lowest BCUT2D eigenvalue weighted by Gasteiger charge is -2.21. The number of amides is 4. The van der Waals surface area contributed by atoms with Crippen LogP contribution in [-0.4, -0.2) is 47.4 Å². The molecule has 2 aliphatic heterocycles. The van der Waals surface area contributed by atoms with Gasteiger partial charge in [0.05, 0.1) is 18.0 Å². The van der Waals surface area contributed by atoms with E-state index in [1.165, 1.54) is 18.3 Å². The van der Waals surface area contributed by atoms with Gasteiger partial charge < -0.3 is 20.1 Å². The van der Waals surface area contributed by atoms with E-state index in [9.17, 15) is 19.2 Å². The van der Waals surface area contributed by atoms with Crippen LogP contribution in [0.2, 0.25) is 0 Å². The van der Waals surface area contributed by atoms with Crippen LogP contribution >= 0.6 is 11.3 Å². The number of nitrogens with zero attached hydrogens (tertiary/aromatic N) is 1. The van der Waals surface area contributed by atoms with Crippen LogP contribution in [-0.2, 0) is 22.6 Å². The van der Waals surface area contributed by atoms with Crippen molar-refractivity contribution in [2.24, 2.45) is 0 Å². The van der Waals surface area contributed by atoms with E-state index in [-0.39, 0.29) is 31.4 Å². The molecule has 0 spiro atoms. The molecule has 1 fully saturated rings. The molecule has 4 rings (SSSR count). The van der Waals surface area contributed by atoms with Gasteiger partial charge in [-0.2, -0.15) is 0 Å². The third-order valence-corrected chi connectivity index (χ3v) is 6.22. The number of rotatable bonds is 7. The van der Waals surface area contributed by atoms with Crippen molar-refractivity contribution < 1.29 is 28.7 Å². The minimum absolute atomic E-state index is 0.150. The summed E-state index contributed by atoms with van der Waals surface area (Å²) >= 11 is 1.22. The Morgan fingerprint density at radius 1 is 1.19 bits per heavy atom. The van der Waals surface area contributed by atoms with Crippen molar-refractivity contribution in [3.63, 3.8) is 0 Å². The average molecular weight is 443 g/mol. The number of thiophene rings is 1. The molecule has 1 saturated heterocycles. The number of ether oxygens (including phenoxy) is 2. The van der Waals surface area contributed by atoms with E-state index in [0.29, 0.717) is 22.9 Å². The van der Waals surface area contributed by atoms with Gasteiger partial charge in [-0.05, 0) is 36.8 Å².